The van der Waals surface area contributed by atoms with Crippen LogP contribution in [0.3, 0.4) is 0 Å². The summed E-state index contributed by atoms with van der Waals surface area (Å²) in [6.45, 7) is 6.77. The van der Waals surface area contributed by atoms with Crippen molar-refractivity contribution in [2.45, 2.75) is 31.6 Å². The Labute approximate surface area is 129 Å². The van der Waals surface area contributed by atoms with Gasteiger partial charge in [-0.05, 0) is 19.4 Å². The molecule has 0 spiro atoms. The zero-order chi connectivity index (χ0) is 14.7. The van der Waals surface area contributed by atoms with Gasteiger partial charge in [0.05, 0.1) is 6.33 Å². The molecule has 1 atom stereocenters. The predicted octanol–water partition coefficient (Wildman–Crippen LogP) is 1.63. The first kappa shape index (κ1) is 14.6. The number of rotatable bonds is 5. The van der Waals surface area contributed by atoms with E-state index in [0.717, 1.165) is 30.4 Å². The van der Waals surface area contributed by atoms with Crippen LogP contribution >= 0.6 is 11.8 Å². The molecular formula is C14H22N6S. The van der Waals surface area contributed by atoms with Crippen molar-refractivity contribution in [3.63, 3.8) is 0 Å². The number of aryl methyl sites for hydroxylation is 1. The molecule has 6 nitrogen and oxygen atoms in total. The van der Waals surface area contributed by atoms with Crippen molar-refractivity contribution in [2.75, 3.05) is 31.1 Å². The minimum Gasteiger partial charge on any atom is -0.382 e. The maximum absolute atomic E-state index is 5.81. The molecule has 1 aliphatic rings. The van der Waals surface area contributed by atoms with E-state index in [0.29, 0.717) is 11.3 Å². The third-order valence-electron chi connectivity index (χ3n) is 3.98. The molecule has 0 saturated carbocycles. The van der Waals surface area contributed by atoms with Crippen LogP contribution in [0.25, 0.3) is 11.2 Å². The Bertz CT molecular complexity index is 598. The summed E-state index contributed by atoms with van der Waals surface area (Å²) in [5, 5.41) is 0.806. The molecule has 1 fully saturated rings. The van der Waals surface area contributed by atoms with E-state index in [1.807, 2.05) is 6.33 Å². The SMILES string of the molecule is CCC1CN(CCCn2cnc3c(N)ncnc32)CCS1. The van der Waals surface area contributed by atoms with Crippen LogP contribution in [0.5, 0.6) is 0 Å². The average Bonchev–Trinajstić information content (AvgIpc) is 2.92. The van der Waals surface area contributed by atoms with Crippen LogP contribution in [0.15, 0.2) is 12.7 Å². The fraction of sp³-hybridized carbons (Fsp3) is 0.643. The number of anilines is 1. The predicted molar refractivity (Wildman–Crippen MR) is 87.3 cm³/mol. The fourth-order valence-corrected chi connectivity index (χ4v) is 4.01. The Morgan fingerprint density at radius 3 is 3.10 bits per heavy atom. The highest BCUT2D eigenvalue weighted by Crippen LogP contribution is 2.21. The van der Waals surface area contributed by atoms with Gasteiger partial charge in [-0.3, -0.25) is 0 Å². The van der Waals surface area contributed by atoms with Gasteiger partial charge < -0.3 is 15.2 Å². The lowest BCUT2D eigenvalue weighted by molar-refractivity contribution is 0.273. The van der Waals surface area contributed by atoms with Gasteiger partial charge in [0.25, 0.3) is 0 Å². The van der Waals surface area contributed by atoms with Crippen LogP contribution in [0, 0.1) is 0 Å². The number of nitrogens with zero attached hydrogens (tertiary/aromatic N) is 5. The van der Waals surface area contributed by atoms with E-state index >= 15 is 0 Å². The number of hydrogen-bond acceptors (Lipinski definition) is 6. The van der Waals surface area contributed by atoms with E-state index in [2.05, 4.69) is 43.1 Å². The summed E-state index contributed by atoms with van der Waals surface area (Å²) in [5.41, 5.74) is 7.35. The van der Waals surface area contributed by atoms with Crippen LogP contribution in [0.1, 0.15) is 19.8 Å². The van der Waals surface area contributed by atoms with Gasteiger partial charge in [-0.1, -0.05) is 6.92 Å². The highest BCUT2D eigenvalue weighted by molar-refractivity contribution is 8.00. The van der Waals surface area contributed by atoms with Crippen LogP contribution in [-0.2, 0) is 6.54 Å². The quantitative estimate of drug-likeness (QED) is 0.905. The molecule has 21 heavy (non-hydrogen) atoms. The molecule has 0 radical (unpaired) electrons. The summed E-state index contributed by atoms with van der Waals surface area (Å²) in [4.78, 5) is 15.1. The first-order chi connectivity index (χ1) is 10.3. The smallest absolute Gasteiger partial charge is 0.165 e. The molecule has 3 heterocycles. The molecule has 0 bridgehead atoms. The number of thioether (sulfide) groups is 1. The molecule has 1 saturated heterocycles. The molecule has 2 aromatic rings. The number of fused-ring (bicyclic) bond motifs is 1. The van der Waals surface area contributed by atoms with Crippen LogP contribution in [0.2, 0.25) is 0 Å². The van der Waals surface area contributed by atoms with E-state index in [1.165, 1.54) is 31.6 Å². The molecule has 1 aliphatic heterocycles. The minimum atomic E-state index is 0.456. The van der Waals surface area contributed by atoms with Crippen molar-refractivity contribution in [2.24, 2.45) is 0 Å². The zero-order valence-electron chi connectivity index (χ0n) is 12.4. The summed E-state index contributed by atoms with van der Waals surface area (Å²) in [5.74, 6) is 1.72. The summed E-state index contributed by atoms with van der Waals surface area (Å²) < 4.78 is 2.07. The van der Waals surface area contributed by atoms with Gasteiger partial charge in [0.15, 0.2) is 11.5 Å². The summed E-state index contributed by atoms with van der Waals surface area (Å²) in [6.07, 6.45) is 5.69. The minimum absolute atomic E-state index is 0.456. The zero-order valence-corrected chi connectivity index (χ0v) is 13.2. The van der Waals surface area contributed by atoms with Crippen molar-refractivity contribution in [3.8, 4) is 0 Å². The molecule has 2 N–H and O–H groups in total. The standard InChI is InChI=1S/C14H22N6S/c1-2-11-8-19(6-7-21-11)4-3-5-20-10-18-12-13(15)16-9-17-14(12)20/h9-11H,2-8H2,1H3,(H2,15,16,17). The number of hydrogen-bond donors (Lipinski definition) is 1. The van der Waals surface area contributed by atoms with Gasteiger partial charge in [-0.15, -0.1) is 0 Å². The number of aromatic nitrogens is 4. The monoisotopic (exact) mass is 306 g/mol. The second-order valence-electron chi connectivity index (χ2n) is 5.42. The van der Waals surface area contributed by atoms with Crippen molar-refractivity contribution in [3.05, 3.63) is 12.7 Å². The van der Waals surface area contributed by atoms with Gasteiger partial charge in [-0.25, -0.2) is 15.0 Å². The molecule has 0 amide bonds. The van der Waals surface area contributed by atoms with Gasteiger partial charge in [0.1, 0.15) is 11.8 Å². The third-order valence-corrected chi connectivity index (χ3v) is 5.35. The molecule has 0 aliphatic carbocycles. The van der Waals surface area contributed by atoms with E-state index < -0.39 is 0 Å². The van der Waals surface area contributed by atoms with Crippen LogP contribution in [-0.4, -0.2) is 55.1 Å². The summed E-state index contributed by atoms with van der Waals surface area (Å²) >= 11 is 2.11. The second kappa shape index (κ2) is 6.62. The lowest BCUT2D eigenvalue weighted by Gasteiger charge is -2.31. The maximum Gasteiger partial charge on any atom is 0.165 e. The molecule has 1 unspecified atom stereocenters. The van der Waals surface area contributed by atoms with Crippen LogP contribution < -0.4 is 5.73 Å². The largest absolute Gasteiger partial charge is 0.382 e. The number of nitrogens with two attached hydrogens (primary N) is 1. The van der Waals surface area contributed by atoms with Crippen molar-refractivity contribution < 1.29 is 0 Å². The summed E-state index contributed by atoms with van der Waals surface area (Å²) in [7, 11) is 0. The Balaban J connectivity index is 1.56. The van der Waals surface area contributed by atoms with E-state index in [1.54, 1.807) is 0 Å². The lowest BCUT2D eigenvalue weighted by Crippen LogP contribution is -2.38. The van der Waals surface area contributed by atoms with Gasteiger partial charge >= 0.3 is 0 Å². The molecule has 2 aromatic heterocycles. The molecule has 114 valence electrons. The topological polar surface area (TPSA) is 72.9 Å². The normalized spacial score (nSPS) is 20.1. The van der Waals surface area contributed by atoms with Crippen molar-refractivity contribution in [1.82, 2.24) is 24.4 Å². The molecule has 3 rings (SSSR count). The Hall–Kier alpha value is -1.34. The average molecular weight is 306 g/mol. The molecule has 7 heteroatoms. The first-order valence-corrected chi connectivity index (χ1v) is 8.58. The fourth-order valence-electron chi connectivity index (χ4n) is 2.76. The maximum atomic E-state index is 5.81. The van der Waals surface area contributed by atoms with E-state index in [-0.39, 0.29) is 0 Å². The number of imidazole rings is 1. The lowest BCUT2D eigenvalue weighted by atomic mass is 10.2. The third kappa shape index (κ3) is 3.29. The molecular weight excluding hydrogens is 284 g/mol. The Morgan fingerprint density at radius 1 is 1.33 bits per heavy atom. The van der Waals surface area contributed by atoms with Gasteiger partial charge in [-0.2, -0.15) is 11.8 Å². The van der Waals surface area contributed by atoms with Crippen molar-refractivity contribution >= 4 is 28.7 Å². The van der Waals surface area contributed by atoms with Crippen molar-refractivity contribution in [1.29, 1.82) is 0 Å². The number of nitrogen functional groups attached to an aromatic ring is 1. The second-order valence-corrected chi connectivity index (χ2v) is 6.83. The summed E-state index contributed by atoms with van der Waals surface area (Å²) in [6, 6.07) is 0. The first-order valence-electron chi connectivity index (χ1n) is 7.53. The highest BCUT2D eigenvalue weighted by atomic mass is 32.2. The van der Waals surface area contributed by atoms with Gasteiger partial charge in [0.2, 0.25) is 0 Å². The van der Waals surface area contributed by atoms with Crippen LogP contribution in [0.4, 0.5) is 5.82 Å². The highest BCUT2D eigenvalue weighted by Gasteiger charge is 2.18. The van der Waals surface area contributed by atoms with E-state index in [4.69, 9.17) is 5.73 Å². The Kier molecular flexibility index (Phi) is 4.60. The molecule has 0 aromatic carbocycles. The van der Waals surface area contributed by atoms with Gasteiger partial charge in [0, 0.05) is 30.6 Å². The van der Waals surface area contributed by atoms with E-state index in [9.17, 15) is 0 Å². The Morgan fingerprint density at radius 2 is 2.24 bits per heavy atom.